The van der Waals surface area contributed by atoms with E-state index in [1.54, 1.807) is 11.3 Å². The summed E-state index contributed by atoms with van der Waals surface area (Å²) in [6.07, 6.45) is 6.67. The van der Waals surface area contributed by atoms with E-state index in [0.29, 0.717) is 0 Å². The normalized spacial score (nSPS) is 21.1. The minimum atomic E-state index is 0.759. The van der Waals surface area contributed by atoms with Crippen LogP contribution in [0, 0.1) is 0 Å². The molecule has 0 aliphatic carbocycles. The van der Waals surface area contributed by atoms with Gasteiger partial charge in [0.1, 0.15) is 5.01 Å². The van der Waals surface area contributed by atoms with Crippen molar-refractivity contribution in [3.63, 3.8) is 0 Å². The molecular formula is C13H24N4S. The number of anilines is 1. The first-order valence-electron chi connectivity index (χ1n) is 7.13. The van der Waals surface area contributed by atoms with E-state index >= 15 is 0 Å². The van der Waals surface area contributed by atoms with Gasteiger partial charge in [-0.25, -0.2) is 0 Å². The number of piperidine rings is 1. The number of rotatable bonds is 6. The zero-order chi connectivity index (χ0) is 12.8. The van der Waals surface area contributed by atoms with Crippen LogP contribution in [-0.4, -0.2) is 34.2 Å². The molecule has 0 amide bonds. The lowest BCUT2D eigenvalue weighted by Gasteiger charge is -2.34. The SMILES string of the molecule is CCCC1CCCCN1Cc1nnc(NCC)s1. The second kappa shape index (κ2) is 7.04. The van der Waals surface area contributed by atoms with Gasteiger partial charge in [-0.2, -0.15) is 0 Å². The third-order valence-corrected chi connectivity index (χ3v) is 4.37. The smallest absolute Gasteiger partial charge is 0.205 e. The highest BCUT2D eigenvalue weighted by Gasteiger charge is 2.22. The van der Waals surface area contributed by atoms with Crippen LogP contribution < -0.4 is 5.32 Å². The van der Waals surface area contributed by atoms with E-state index in [-0.39, 0.29) is 0 Å². The fraction of sp³-hybridized carbons (Fsp3) is 0.846. The monoisotopic (exact) mass is 268 g/mol. The van der Waals surface area contributed by atoms with E-state index in [2.05, 4.69) is 34.3 Å². The molecule has 0 spiro atoms. The fourth-order valence-electron chi connectivity index (χ4n) is 2.64. The molecule has 102 valence electrons. The quantitative estimate of drug-likeness (QED) is 0.860. The Bertz CT molecular complexity index is 351. The van der Waals surface area contributed by atoms with E-state index in [0.717, 1.165) is 29.3 Å². The molecule has 0 radical (unpaired) electrons. The van der Waals surface area contributed by atoms with Crippen LogP contribution >= 0.6 is 11.3 Å². The van der Waals surface area contributed by atoms with Crippen molar-refractivity contribution >= 4 is 16.5 Å². The molecule has 1 aromatic rings. The largest absolute Gasteiger partial charge is 0.360 e. The zero-order valence-corrected chi connectivity index (χ0v) is 12.3. The molecule has 0 saturated carbocycles. The molecule has 1 aliphatic rings. The van der Waals surface area contributed by atoms with Gasteiger partial charge in [-0.1, -0.05) is 31.1 Å². The maximum absolute atomic E-state index is 4.29. The second-order valence-corrected chi connectivity index (χ2v) is 6.00. The van der Waals surface area contributed by atoms with Gasteiger partial charge in [-0.3, -0.25) is 4.90 Å². The number of hydrogen-bond donors (Lipinski definition) is 1. The molecule has 0 bridgehead atoms. The average molecular weight is 268 g/mol. The van der Waals surface area contributed by atoms with E-state index in [4.69, 9.17) is 0 Å². The van der Waals surface area contributed by atoms with Gasteiger partial charge in [-0.15, -0.1) is 10.2 Å². The molecule has 1 aromatic heterocycles. The second-order valence-electron chi connectivity index (χ2n) is 4.94. The van der Waals surface area contributed by atoms with Gasteiger partial charge in [-0.05, 0) is 32.7 Å². The Hall–Kier alpha value is -0.680. The van der Waals surface area contributed by atoms with Gasteiger partial charge in [0.2, 0.25) is 5.13 Å². The van der Waals surface area contributed by atoms with Gasteiger partial charge in [0.15, 0.2) is 0 Å². The van der Waals surface area contributed by atoms with Gasteiger partial charge in [0, 0.05) is 12.6 Å². The van der Waals surface area contributed by atoms with Gasteiger partial charge in [0.25, 0.3) is 0 Å². The first kappa shape index (κ1) is 13.7. The Labute approximate surface area is 114 Å². The highest BCUT2D eigenvalue weighted by atomic mass is 32.1. The van der Waals surface area contributed by atoms with Crippen LogP contribution in [0.2, 0.25) is 0 Å². The predicted molar refractivity (Wildman–Crippen MR) is 77.0 cm³/mol. The highest BCUT2D eigenvalue weighted by molar-refractivity contribution is 7.15. The van der Waals surface area contributed by atoms with Crippen molar-refractivity contribution in [3.8, 4) is 0 Å². The van der Waals surface area contributed by atoms with E-state index in [1.807, 2.05) is 0 Å². The molecule has 2 rings (SSSR count). The van der Waals surface area contributed by atoms with Crippen LogP contribution in [0.4, 0.5) is 5.13 Å². The third-order valence-electron chi connectivity index (χ3n) is 3.50. The summed E-state index contributed by atoms with van der Waals surface area (Å²) in [7, 11) is 0. The molecule has 2 heterocycles. The maximum atomic E-state index is 4.29. The number of nitrogens with zero attached hydrogens (tertiary/aromatic N) is 3. The lowest BCUT2D eigenvalue weighted by molar-refractivity contribution is 0.131. The van der Waals surface area contributed by atoms with Crippen molar-refractivity contribution in [2.24, 2.45) is 0 Å². The Morgan fingerprint density at radius 3 is 3.00 bits per heavy atom. The molecule has 1 fully saturated rings. The summed E-state index contributed by atoms with van der Waals surface area (Å²) in [6, 6.07) is 0.759. The molecule has 1 atom stereocenters. The van der Waals surface area contributed by atoms with Crippen LogP contribution in [0.3, 0.4) is 0 Å². The van der Waals surface area contributed by atoms with Crippen molar-refractivity contribution < 1.29 is 0 Å². The number of aromatic nitrogens is 2. The van der Waals surface area contributed by atoms with E-state index in [1.165, 1.54) is 38.6 Å². The molecule has 5 heteroatoms. The summed E-state index contributed by atoms with van der Waals surface area (Å²) in [5.74, 6) is 0. The minimum absolute atomic E-state index is 0.759. The Morgan fingerprint density at radius 1 is 1.33 bits per heavy atom. The number of likely N-dealkylation sites (tertiary alicyclic amines) is 1. The summed E-state index contributed by atoms with van der Waals surface area (Å²) in [5, 5.41) is 13.8. The standard InChI is InChI=1S/C13H24N4S/c1-3-7-11-8-5-6-9-17(11)10-12-15-16-13(18-12)14-4-2/h11H,3-10H2,1-2H3,(H,14,16). The lowest BCUT2D eigenvalue weighted by Crippen LogP contribution is -2.38. The Kier molecular flexibility index (Phi) is 5.38. The van der Waals surface area contributed by atoms with Crippen LogP contribution in [0.5, 0.6) is 0 Å². The highest BCUT2D eigenvalue weighted by Crippen LogP contribution is 2.24. The number of nitrogens with one attached hydrogen (secondary N) is 1. The van der Waals surface area contributed by atoms with Crippen LogP contribution in [0.25, 0.3) is 0 Å². The molecule has 1 saturated heterocycles. The van der Waals surface area contributed by atoms with Crippen molar-refractivity contribution in [2.45, 2.75) is 58.5 Å². The summed E-state index contributed by atoms with van der Waals surface area (Å²) in [6.45, 7) is 7.48. The summed E-state index contributed by atoms with van der Waals surface area (Å²) in [4.78, 5) is 2.60. The molecular weight excluding hydrogens is 244 g/mol. The first-order chi connectivity index (χ1) is 8.83. The van der Waals surface area contributed by atoms with Crippen LogP contribution in [0.15, 0.2) is 0 Å². The Balaban J connectivity index is 1.92. The van der Waals surface area contributed by atoms with Crippen LogP contribution in [-0.2, 0) is 6.54 Å². The average Bonchev–Trinajstić information content (AvgIpc) is 2.80. The van der Waals surface area contributed by atoms with Crippen molar-refractivity contribution in [3.05, 3.63) is 5.01 Å². The molecule has 4 nitrogen and oxygen atoms in total. The Morgan fingerprint density at radius 2 is 2.22 bits per heavy atom. The summed E-state index contributed by atoms with van der Waals surface area (Å²) >= 11 is 1.70. The number of hydrogen-bond acceptors (Lipinski definition) is 5. The molecule has 1 unspecified atom stereocenters. The first-order valence-corrected chi connectivity index (χ1v) is 7.95. The minimum Gasteiger partial charge on any atom is -0.360 e. The predicted octanol–water partition coefficient (Wildman–Crippen LogP) is 3.12. The van der Waals surface area contributed by atoms with E-state index in [9.17, 15) is 0 Å². The molecule has 1 N–H and O–H groups in total. The van der Waals surface area contributed by atoms with Crippen molar-refractivity contribution in [1.29, 1.82) is 0 Å². The third kappa shape index (κ3) is 3.65. The fourth-order valence-corrected chi connectivity index (χ4v) is 3.48. The molecule has 1 aliphatic heterocycles. The van der Waals surface area contributed by atoms with E-state index < -0.39 is 0 Å². The van der Waals surface area contributed by atoms with Crippen molar-refractivity contribution in [2.75, 3.05) is 18.4 Å². The molecule has 0 aromatic carbocycles. The van der Waals surface area contributed by atoms with Gasteiger partial charge >= 0.3 is 0 Å². The summed E-state index contributed by atoms with van der Waals surface area (Å²) < 4.78 is 0. The summed E-state index contributed by atoms with van der Waals surface area (Å²) in [5.41, 5.74) is 0. The molecule has 18 heavy (non-hydrogen) atoms. The zero-order valence-electron chi connectivity index (χ0n) is 11.5. The van der Waals surface area contributed by atoms with Gasteiger partial charge < -0.3 is 5.32 Å². The van der Waals surface area contributed by atoms with Crippen molar-refractivity contribution in [1.82, 2.24) is 15.1 Å². The van der Waals surface area contributed by atoms with Crippen LogP contribution in [0.1, 0.15) is 51.0 Å². The topological polar surface area (TPSA) is 41.1 Å². The van der Waals surface area contributed by atoms with Gasteiger partial charge in [0.05, 0.1) is 6.54 Å². The maximum Gasteiger partial charge on any atom is 0.205 e. The lowest BCUT2D eigenvalue weighted by atomic mass is 9.98.